The van der Waals surface area contributed by atoms with E-state index in [0.717, 1.165) is 29.2 Å². The number of fused-ring (bicyclic) bond motifs is 3. The molecule has 7 nitrogen and oxygen atoms in total. The van der Waals surface area contributed by atoms with E-state index in [1.54, 1.807) is 28.6 Å². The Bertz CT molecular complexity index is 1450. The topological polar surface area (TPSA) is 67.7 Å². The molecule has 1 unspecified atom stereocenters. The van der Waals surface area contributed by atoms with Crippen LogP contribution in [0.15, 0.2) is 59.1 Å². The van der Waals surface area contributed by atoms with Gasteiger partial charge in [0.05, 0.1) is 34.7 Å². The summed E-state index contributed by atoms with van der Waals surface area (Å²) in [6.45, 7) is 4.26. The first-order valence-electron chi connectivity index (χ1n) is 11.8. The third-order valence-electron chi connectivity index (χ3n) is 7.44. The van der Waals surface area contributed by atoms with Crippen molar-refractivity contribution in [2.75, 3.05) is 38.2 Å². The van der Waals surface area contributed by atoms with Crippen molar-refractivity contribution in [2.24, 2.45) is 5.41 Å². The molecule has 1 saturated heterocycles. The minimum absolute atomic E-state index is 0.267. The van der Waals surface area contributed by atoms with E-state index in [-0.39, 0.29) is 16.1 Å². The van der Waals surface area contributed by atoms with E-state index in [1.807, 2.05) is 24.0 Å². The maximum absolute atomic E-state index is 13.6. The molecule has 35 heavy (non-hydrogen) atoms. The van der Waals surface area contributed by atoms with Crippen LogP contribution in [0.25, 0.3) is 11.8 Å². The summed E-state index contributed by atoms with van der Waals surface area (Å²) in [6, 6.07) is 11.4. The van der Waals surface area contributed by atoms with Gasteiger partial charge < -0.3 is 9.64 Å². The number of hydrogen-bond acceptors (Lipinski definition) is 5. The normalized spacial score (nSPS) is 22.0. The van der Waals surface area contributed by atoms with Crippen LogP contribution in [-0.2, 0) is 16.4 Å². The van der Waals surface area contributed by atoms with Crippen molar-refractivity contribution in [2.45, 2.75) is 24.7 Å². The predicted molar refractivity (Wildman–Crippen MR) is 132 cm³/mol. The second-order valence-electron chi connectivity index (χ2n) is 9.84. The molecular formula is C26H27FN4O3S. The lowest BCUT2D eigenvalue weighted by Crippen LogP contribution is -2.47. The summed E-state index contributed by atoms with van der Waals surface area (Å²) < 4.78 is 49.8. The maximum atomic E-state index is 13.6. The summed E-state index contributed by atoms with van der Waals surface area (Å²) in [6.07, 6.45) is 5.32. The molecule has 3 aromatic rings. The van der Waals surface area contributed by atoms with E-state index in [0.29, 0.717) is 38.3 Å². The minimum Gasteiger partial charge on any atom is -0.490 e. The Morgan fingerprint density at radius 1 is 1.11 bits per heavy atom. The fourth-order valence-corrected chi connectivity index (χ4v) is 7.02. The van der Waals surface area contributed by atoms with Gasteiger partial charge in [-0.05, 0) is 60.9 Å². The molecule has 0 saturated carbocycles. The van der Waals surface area contributed by atoms with Crippen molar-refractivity contribution in [1.82, 2.24) is 14.1 Å². The Balaban J connectivity index is 1.29. The van der Waals surface area contributed by atoms with Crippen LogP contribution in [0.2, 0.25) is 0 Å². The summed E-state index contributed by atoms with van der Waals surface area (Å²) in [7, 11) is -1.69. The van der Waals surface area contributed by atoms with Crippen LogP contribution in [-0.4, -0.2) is 55.8 Å². The molecule has 3 heterocycles. The fraction of sp³-hybridized carbons (Fsp3) is 0.346. The maximum Gasteiger partial charge on any atom is 0.243 e. The average Bonchev–Trinajstić information content (AvgIpc) is 3.24. The zero-order chi connectivity index (χ0) is 24.4. The van der Waals surface area contributed by atoms with E-state index >= 15 is 0 Å². The van der Waals surface area contributed by atoms with Crippen LogP contribution >= 0.6 is 0 Å². The molecule has 3 aliphatic rings. The molecular weight excluding hydrogens is 467 g/mol. The van der Waals surface area contributed by atoms with Gasteiger partial charge >= 0.3 is 0 Å². The first-order valence-corrected chi connectivity index (χ1v) is 13.2. The lowest BCUT2D eigenvalue weighted by Gasteiger charge is -2.44. The fourth-order valence-electron chi connectivity index (χ4n) is 5.44. The number of anilines is 1. The number of sulfonamides is 1. The van der Waals surface area contributed by atoms with Crippen molar-refractivity contribution in [3.05, 3.63) is 71.3 Å². The van der Waals surface area contributed by atoms with Gasteiger partial charge in [-0.2, -0.15) is 9.40 Å². The van der Waals surface area contributed by atoms with Gasteiger partial charge in [-0.25, -0.2) is 17.5 Å². The van der Waals surface area contributed by atoms with Gasteiger partial charge in [0.25, 0.3) is 0 Å². The van der Waals surface area contributed by atoms with Crippen LogP contribution in [0.5, 0.6) is 5.75 Å². The van der Waals surface area contributed by atoms with Gasteiger partial charge in [0.2, 0.25) is 10.0 Å². The van der Waals surface area contributed by atoms with Crippen LogP contribution in [0.1, 0.15) is 24.6 Å². The molecule has 0 N–H and O–H groups in total. The lowest BCUT2D eigenvalue weighted by atomic mass is 9.70. The van der Waals surface area contributed by atoms with E-state index in [9.17, 15) is 12.8 Å². The summed E-state index contributed by atoms with van der Waals surface area (Å²) in [5, 5.41) is 4.55. The number of ether oxygens (including phenoxy) is 1. The molecule has 182 valence electrons. The van der Waals surface area contributed by atoms with Crippen molar-refractivity contribution in [3.63, 3.8) is 0 Å². The van der Waals surface area contributed by atoms with Gasteiger partial charge in [0.15, 0.2) is 0 Å². The smallest absolute Gasteiger partial charge is 0.243 e. The highest BCUT2D eigenvalue weighted by molar-refractivity contribution is 7.89. The predicted octanol–water partition coefficient (Wildman–Crippen LogP) is 3.88. The third-order valence-corrected chi connectivity index (χ3v) is 9.29. The largest absolute Gasteiger partial charge is 0.490 e. The second kappa shape index (κ2) is 7.93. The van der Waals surface area contributed by atoms with E-state index in [1.165, 1.54) is 17.7 Å². The van der Waals surface area contributed by atoms with Crippen molar-refractivity contribution >= 4 is 21.8 Å². The van der Waals surface area contributed by atoms with Crippen LogP contribution in [0.3, 0.4) is 0 Å². The molecule has 2 aromatic carbocycles. The molecule has 0 bridgehead atoms. The highest BCUT2D eigenvalue weighted by atomic mass is 32.2. The molecule has 9 heteroatoms. The number of likely N-dealkylation sites (N-methyl/N-ethyl adjacent to an activating group) is 1. The summed E-state index contributed by atoms with van der Waals surface area (Å²) >= 11 is 0. The third kappa shape index (κ3) is 3.65. The van der Waals surface area contributed by atoms with Gasteiger partial charge in [-0.3, -0.25) is 0 Å². The molecule has 1 fully saturated rings. The van der Waals surface area contributed by atoms with Gasteiger partial charge in [0.1, 0.15) is 18.2 Å². The Morgan fingerprint density at radius 3 is 2.71 bits per heavy atom. The van der Waals surface area contributed by atoms with Crippen LogP contribution < -0.4 is 9.64 Å². The Hall–Kier alpha value is -3.17. The van der Waals surface area contributed by atoms with E-state index in [2.05, 4.69) is 23.0 Å². The number of benzene rings is 2. The number of rotatable bonds is 3. The summed E-state index contributed by atoms with van der Waals surface area (Å²) in [4.78, 5) is 2.34. The van der Waals surface area contributed by atoms with Crippen molar-refractivity contribution in [1.29, 1.82) is 0 Å². The Labute approximate surface area is 204 Å². The minimum atomic E-state index is -3.67. The highest BCUT2D eigenvalue weighted by Crippen LogP contribution is 2.45. The molecule has 0 spiro atoms. The Kier molecular flexibility index (Phi) is 5.05. The SMILES string of the molecule is CN1CCOc2cc(S(=O)(=O)N3CCC4=Cc5c(cnn5-c5ccc(F)cc5)CC4(C)C3)ccc21. The number of aromatic nitrogens is 2. The molecule has 6 rings (SSSR count). The van der Waals surface area contributed by atoms with E-state index < -0.39 is 10.0 Å². The zero-order valence-corrected chi connectivity index (χ0v) is 20.6. The first kappa shape index (κ1) is 22.3. The monoisotopic (exact) mass is 494 g/mol. The number of piperidine rings is 1. The Morgan fingerprint density at radius 2 is 1.91 bits per heavy atom. The quantitative estimate of drug-likeness (QED) is 0.553. The number of hydrogen-bond donors (Lipinski definition) is 0. The summed E-state index contributed by atoms with van der Waals surface area (Å²) in [5.41, 5.74) is 4.65. The molecule has 1 atom stereocenters. The van der Waals surface area contributed by atoms with Crippen molar-refractivity contribution < 1.29 is 17.5 Å². The van der Waals surface area contributed by atoms with E-state index in [4.69, 9.17) is 4.74 Å². The number of halogens is 1. The van der Waals surface area contributed by atoms with Gasteiger partial charge in [0, 0.05) is 31.6 Å². The molecule has 0 amide bonds. The summed E-state index contributed by atoms with van der Waals surface area (Å²) in [5.74, 6) is 0.325. The average molecular weight is 495 g/mol. The van der Waals surface area contributed by atoms with Crippen LogP contribution in [0, 0.1) is 11.2 Å². The second-order valence-corrected chi connectivity index (χ2v) is 11.8. The number of nitrogens with zero attached hydrogens (tertiary/aromatic N) is 4. The highest BCUT2D eigenvalue weighted by Gasteiger charge is 2.43. The molecule has 0 radical (unpaired) electrons. The molecule has 1 aromatic heterocycles. The zero-order valence-electron chi connectivity index (χ0n) is 19.7. The van der Waals surface area contributed by atoms with Gasteiger partial charge in [-0.1, -0.05) is 12.5 Å². The molecule has 1 aliphatic carbocycles. The standard InChI is InChI=1S/C26H27FN4O3S/c1-26-15-18-16-28-31(21-5-3-20(27)4-6-21)24(18)13-19(26)9-10-30(17-26)35(32,33)22-7-8-23-25(14-22)34-12-11-29(23)2/h3-8,13-14,16H,9-12,15,17H2,1-2H3. The van der Waals surface area contributed by atoms with Crippen molar-refractivity contribution in [3.8, 4) is 11.4 Å². The molecule has 2 aliphatic heterocycles. The van der Waals surface area contributed by atoms with Crippen LogP contribution in [0.4, 0.5) is 10.1 Å². The van der Waals surface area contributed by atoms with Gasteiger partial charge in [-0.15, -0.1) is 0 Å². The lowest BCUT2D eigenvalue weighted by molar-refractivity contribution is 0.231. The first-order chi connectivity index (χ1) is 16.7.